The molecule has 1 fully saturated rings. The maximum atomic E-state index is 12.3. The molecular weight excluding hydrogens is 348 g/mol. The first-order valence-corrected chi connectivity index (χ1v) is 8.89. The summed E-state index contributed by atoms with van der Waals surface area (Å²) in [5, 5.41) is 10.6. The van der Waals surface area contributed by atoms with Crippen LogP contribution in [0.4, 0.5) is 5.69 Å². The molecule has 1 aliphatic heterocycles. The van der Waals surface area contributed by atoms with Crippen LogP contribution in [0.3, 0.4) is 0 Å². The van der Waals surface area contributed by atoms with Crippen LogP contribution in [0.5, 0.6) is 5.75 Å². The Labute approximate surface area is 157 Å². The lowest BCUT2D eigenvalue weighted by atomic mass is 10.2. The number of non-ortho nitro benzene ring substituents is 1. The molecule has 1 aliphatic rings. The number of carbonyl (C=O) groups is 1. The van der Waals surface area contributed by atoms with Gasteiger partial charge >= 0.3 is 0 Å². The second kappa shape index (κ2) is 9.09. The molecule has 8 nitrogen and oxygen atoms in total. The van der Waals surface area contributed by atoms with Crippen LogP contribution in [0.25, 0.3) is 0 Å². The Morgan fingerprint density at radius 2 is 1.85 bits per heavy atom. The first-order chi connectivity index (χ1) is 13.1. The third kappa shape index (κ3) is 5.49. The normalized spacial score (nSPS) is 14.7. The maximum Gasteiger partial charge on any atom is 0.269 e. The summed E-state index contributed by atoms with van der Waals surface area (Å²) < 4.78 is 5.45. The van der Waals surface area contributed by atoms with E-state index in [4.69, 9.17) is 4.74 Å². The second-order valence-corrected chi connectivity index (χ2v) is 6.33. The van der Waals surface area contributed by atoms with Crippen LogP contribution in [0.1, 0.15) is 5.69 Å². The van der Waals surface area contributed by atoms with E-state index in [1.54, 1.807) is 11.1 Å². The first-order valence-electron chi connectivity index (χ1n) is 8.89. The quantitative estimate of drug-likeness (QED) is 0.545. The van der Waals surface area contributed by atoms with E-state index in [9.17, 15) is 14.9 Å². The van der Waals surface area contributed by atoms with Crippen molar-refractivity contribution in [2.45, 2.75) is 6.42 Å². The van der Waals surface area contributed by atoms with E-state index in [0.29, 0.717) is 18.8 Å². The largest absolute Gasteiger partial charge is 0.484 e. The van der Waals surface area contributed by atoms with Crippen LogP contribution in [-0.4, -0.2) is 64.9 Å². The molecule has 2 heterocycles. The third-order valence-corrected chi connectivity index (χ3v) is 4.55. The number of nitro groups is 1. The molecule has 8 heteroatoms. The predicted octanol–water partition coefficient (Wildman–Crippen LogP) is 1.76. The van der Waals surface area contributed by atoms with Crippen molar-refractivity contribution in [3.8, 4) is 5.75 Å². The molecule has 1 amide bonds. The van der Waals surface area contributed by atoms with E-state index in [0.717, 1.165) is 31.7 Å². The molecule has 142 valence electrons. The smallest absolute Gasteiger partial charge is 0.269 e. The van der Waals surface area contributed by atoms with E-state index >= 15 is 0 Å². The zero-order valence-corrected chi connectivity index (χ0v) is 15.0. The van der Waals surface area contributed by atoms with Crippen molar-refractivity contribution in [1.82, 2.24) is 14.8 Å². The fourth-order valence-corrected chi connectivity index (χ4v) is 2.94. The molecule has 0 atom stereocenters. The van der Waals surface area contributed by atoms with Gasteiger partial charge in [0.15, 0.2) is 6.61 Å². The topological polar surface area (TPSA) is 88.8 Å². The average Bonchev–Trinajstić information content (AvgIpc) is 2.72. The number of benzene rings is 1. The van der Waals surface area contributed by atoms with Gasteiger partial charge in [-0.15, -0.1) is 0 Å². The number of rotatable bonds is 7. The predicted molar refractivity (Wildman–Crippen MR) is 99.6 cm³/mol. The lowest BCUT2D eigenvalue weighted by Gasteiger charge is -2.34. The maximum absolute atomic E-state index is 12.3. The summed E-state index contributed by atoms with van der Waals surface area (Å²) in [6.07, 6.45) is 2.70. The SMILES string of the molecule is O=C(COc1ccc([N+](=O)[O-])cc1)N1CCN(CCc2ccccn2)CC1. The summed E-state index contributed by atoms with van der Waals surface area (Å²) in [6, 6.07) is 11.6. The van der Waals surface area contributed by atoms with Crippen LogP contribution in [0, 0.1) is 10.1 Å². The van der Waals surface area contributed by atoms with E-state index in [1.165, 1.54) is 24.3 Å². The van der Waals surface area contributed by atoms with Gasteiger partial charge in [-0.05, 0) is 24.3 Å². The van der Waals surface area contributed by atoms with Crippen molar-refractivity contribution in [3.63, 3.8) is 0 Å². The number of nitro benzene ring substituents is 1. The highest BCUT2D eigenvalue weighted by molar-refractivity contribution is 5.77. The van der Waals surface area contributed by atoms with Gasteiger partial charge in [0.2, 0.25) is 0 Å². The van der Waals surface area contributed by atoms with Gasteiger partial charge in [-0.1, -0.05) is 6.07 Å². The van der Waals surface area contributed by atoms with Crippen molar-refractivity contribution in [3.05, 3.63) is 64.5 Å². The minimum atomic E-state index is -0.470. The van der Waals surface area contributed by atoms with Gasteiger partial charge in [-0.3, -0.25) is 24.8 Å². The fraction of sp³-hybridized carbons (Fsp3) is 0.368. The molecule has 3 rings (SSSR count). The molecule has 0 radical (unpaired) electrons. The van der Waals surface area contributed by atoms with Gasteiger partial charge in [0.25, 0.3) is 11.6 Å². The highest BCUT2D eigenvalue weighted by atomic mass is 16.6. The summed E-state index contributed by atoms with van der Waals surface area (Å²) in [6.45, 7) is 3.87. The molecule has 0 N–H and O–H groups in total. The molecule has 1 aromatic heterocycles. The lowest BCUT2D eigenvalue weighted by molar-refractivity contribution is -0.384. The Balaban J connectivity index is 1.38. The number of pyridine rings is 1. The second-order valence-electron chi connectivity index (χ2n) is 6.33. The zero-order valence-electron chi connectivity index (χ0n) is 15.0. The molecule has 0 aliphatic carbocycles. The number of ether oxygens (including phenoxy) is 1. The minimum absolute atomic E-state index is 0.00417. The molecule has 27 heavy (non-hydrogen) atoms. The lowest BCUT2D eigenvalue weighted by Crippen LogP contribution is -2.50. The van der Waals surface area contributed by atoms with Crippen molar-refractivity contribution in [2.24, 2.45) is 0 Å². The van der Waals surface area contributed by atoms with Crippen molar-refractivity contribution in [1.29, 1.82) is 0 Å². The molecule has 1 aromatic carbocycles. The molecular formula is C19H22N4O4. The van der Waals surface area contributed by atoms with Gasteiger partial charge < -0.3 is 9.64 Å². The van der Waals surface area contributed by atoms with E-state index in [-0.39, 0.29) is 18.2 Å². The van der Waals surface area contributed by atoms with Crippen LogP contribution >= 0.6 is 0 Å². The zero-order chi connectivity index (χ0) is 19.1. The summed E-state index contributed by atoms with van der Waals surface area (Å²) in [7, 11) is 0. The summed E-state index contributed by atoms with van der Waals surface area (Å²) >= 11 is 0. The number of hydrogen-bond acceptors (Lipinski definition) is 6. The molecule has 0 saturated carbocycles. The summed E-state index contributed by atoms with van der Waals surface area (Å²) in [5.74, 6) is 0.376. The van der Waals surface area contributed by atoms with Crippen LogP contribution in [-0.2, 0) is 11.2 Å². The van der Waals surface area contributed by atoms with Gasteiger partial charge in [-0.2, -0.15) is 0 Å². The number of aromatic nitrogens is 1. The Kier molecular flexibility index (Phi) is 6.32. The number of carbonyl (C=O) groups excluding carboxylic acids is 1. The van der Waals surface area contributed by atoms with E-state index < -0.39 is 4.92 Å². The molecule has 2 aromatic rings. The standard InChI is InChI=1S/C19H22N4O4/c24-19(15-27-18-6-4-17(5-7-18)23(25)26)22-13-11-21(12-14-22)10-8-16-3-1-2-9-20-16/h1-7,9H,8,10-15H2. The highest BCUT2D eigenvalue weighted by Crippen LogP contribution is 2.17. The van der Waals surface area contributed by atoms with Gasteiger partial charge in [0.1, 0.15) is 5.75 Å². The van der Waals surface area contributed by atoms with Crippen LogP contribution < -0.4 is 4.74 Å². The summed E-state index contributed by atoms with van der Waals surface area (Å²) in [5.41, 5.74) is 1.07. The average molecular weight is 370 g/mol. The fourth-order valence-electron chi connectivity index (χ4n) is 2.94. The van der Waals surface area contributed by atoms with E-state index in [1.807, 2.05) is 18.2 Å². The van der Waals surface area contributed by atoms with Crippen molar-refractivity contribution in [2.75, 3.05) is 39.3 Å². The Hall–Kier alpha value is -3.00. The number of hydrogen-bond donors (Lipinski definition) is 0. The third-order valence-electron chi connectivity index (χ3n) is 4.55. The van der Waals surface area contributed by atoms with Crippen LogP contribution in [0.2, 0.25) is 0 Å². The number of amides is 1. The first kappa shape index (κ1) is 18.8. The molecule has 0 spiro atoms. The highest BCUT2D eigenvalue weighted by Gasteiger charge is 2.21. The van der Waals surface area contributed by atoms with E-state index in [2.05, 4.69) is 9.88 Å². The molecule has 1 saturated heterocycles. The number of nitrogens with zero attached hydrogens (tertiary/aromatic N) is 4. The monoisotopic (exact) mass is 370 g/mol. The van der Waals surface area contributed by atoms with Gasteiger partial charge in [0.05, 0.1) is 4.92 Å². The van der Waals surface area contributed by atoms with Crippen LogP contribution in [0.15, 0.2) is 48.7 Å². The van der Waals surface area contributed by atoms with Crippen molar-refractivity contribution < 1.29 is 14.5 Å². The minimum Gasteiger partial charge on any atom is -0.484 e. The molecule has 0 bridgehead atoms. The van der Waals surface area contributed by atoms with Crippen molar-refractivity contribution >= 4 is 11.6 Å². The Bertz CT molecular complexity index is 759. The molecule has 0 unspecified atom stereocenters. The number of piperazine rings is 1. The van der Waals surface area contributed by atoms with Gasteiger partial charge in [0, 0.05) is 63.2 Å². The van der Waals surface area contributed by atoms with Gasteiger partial charge in [-0.25, -0.2) is 0 Å². The summed E-state index contributed by atoms with van der Waals surface area (Å²) in [4.78, 5) is 30.9. The Morgan fingerprint density at radius 1 is 1.11 bits per heavy atom. The Morgan fingerprint density at radius 3 is 2.48 bits per heavy atom.